The number of carboxylic acid groups (broad SMARTS) is 1. The van der Waals surface area contributed by atoms with E-state index in [1.807, 2.05) is 0 Å². The summed E-state index contributed by atoms with van der Waals surface area (Å²) in [5.41, 5.74) is -0.684. The lowest BCUT2D eigenvalue weighted by atomic mass is 10.1. The number of hydrogen-bond donors (Lipinski definition) is 1. The van der Waals surface area contributed by atoms with E-state index in [-0.39, 0.29) is 22.2 Å². The van der Waals surface area contributed by atoms with E-state index in [0.29, 0.717) is 6.29 Å². The number of ether oxygens (including phenoxy) is 1. The number of carboxylic acids is 1. The Morgan fingerprint density at radius 3 is 2.57 bits per heavy atom. The highest BCUT2D eigenvalue weighted by molar-refractivity contribution is 6.10. The Bertz CT molecular complexity index is 740. The van der Waals surface area contributed by atoms with Crippen LogP contribution in [0.1, 0.15) is 41.5 Å². The molecule has 0 amide bonds. The number of carbonyl (C=O) groups excluding carboxylic acids is 2. The third-order valence-electron chi connectivity index (χ3n) is 2.67. The predicted octanol–water partition coefficient (Wildman–Crippen LogP) is 2.33. The molecule has 0 unspecified atom stereocenters. The first-order valence-corrected chi connectivity index (χ1v) is 6.16. The van der Waals surface area contributed by atoms with Gasteiger partial charge in [0.1, 0.15) is 5.60 Å². The molecule has 2 rings (SSSR count). The molecule has 0 spiro atoms. The normalized spacial score (nSPS) is 11.4. The number of nitrogens with zero attached hydrogens (tertiary/aromatic N) is 2. The van der Waals surface area contributed by atoms with Gasteiger partial charge >= 0.3 is 12.1 Å². The standard InChI is InChI=1S/C14H14N2O5/c1-14(2,3)21-13(20)16-6-9(12(18)19)10-8(7-17)4-5-15-11(10)16/h4-7H,1-3H3,(H,18,19). The summed E-state index contributed by atoms with van der Waals surface area (Å²) in [5.74, 6) is -1.25. The Morgan fingerprint density at radius 2 is 2.05 bits per heavy atom. The van der Waals surface area contributed by atoms with Gasteiger partial charge in [0.05, 0.1) is 5.56 Å². The molecular weight excluding hydrogens is 276 g/mol. The van der Waals surface area contributed by atoms with Crippen LogP contribution >= 0.6 is 0 Å². The van der Waals surface area contributed by atoms with Crippen LogP contribution in [-0.2, 0) is 4.74 Å². The summed E-state index contributed by atoms with van der Waals surface area (Å²) < 4.78 is 6.20. The SMILES string of the molecule is CC(C)(C)OC(=O)n1cc(C(=O)O)c2c(C=O)ccnc21. The van der Waals surface area contributed by atoms with Gasteiger partial charge in [-0.15, -0.1) is 0 Å². The van der Waals surface area contributed by atoms with E-state index in [4.69, 9.17) is 4.74 Å². The molecule has 0 radical (unpaired) electrons. The van der Waals surface area contributed by atoms with Crippen LogP contribution in [0, 0.1) is 0 Å². The van der Waals surface area contributed by atoms with E-state index < -0.39 is 17.7 Å². The molecular formula is C14H14N2O5. The summed E-state index contributed by atoms with van der Waals surface area (Å²) in [5, 5.41) is 9.34. The number of pyridine rings is 1. The minimum Gasteiger partial charge on any atom is -0.478 e. The molecule has 21 heavy (non-hydrogen) atoms. The van der Waals surface area contributed by atoms with Crippen molar-refractivity contribution in [3.05, 3.63) is 29.6 Å². The van der Waals surface area contributed by atoms with Gasteiger partial charge in [-0.3, -0.25) is 4.79 Å². The molecule has 2 aromatic rings. The summed E-state index contributed by atoms with van der Waals surface area (Å²) in [6.07, 6.45) is 2.21. The Kier molecular flexibility index (Phi) is 3.51. The van der Waals surface area contributed by atoms with Gasteiger partial charge in [-0.25, -0.2) is 19.1 Å². The lowest BCUT2D eigenvalue weighted by Crippen LogP contribution is -2.27. The number of aromatic carboxylic acids is 1. The fourth-order valence-electron chi connectivity index (χ4n) is 1.89. The summed E-state index contributed by atoms with van der Waals surface area (Å²) >= 11 is 0. The van der Waals surface area contributed by atoms with E-state index in [9.17, 15) is 19.5 Å². The first-order chi connectivity index (χ1) is 9.74. The Hall–Kier alpha value is -2.70. The maximum Gasteiger partial charge on any atom is 0.420 e. The molecule has 0 fully saturated rings. The van der Waals surface area contributed by atoms with Crippen LogP contribution in [0.2, 0.25) is 0 Å². The highest BCUT2D eigenvalue weighted by Gasteiger charge is 2.24. The molecule has 7 nitrogen and oxygen atoms in total. The molecule has 0 bridgehead atoms. The Morgan fingerprint density at radius 1 is 1.38 bits per heavy atom. The highest BCUT2D eigenvalue weighted by atomic mass is 16.6. The second-order valence-corrected chi connectivity index (χ2v) is 5.41. The lowest BCUT2D eigenvalue weighted by molar-refractivity contribution is 0.0543. The average Bonchev–Trinajstić information content (AvgIpc) is 2.76. The molecule has 7 heteroatoms. The highest BCUT2D eigenvalue weighted by Crippen LogP contribution is 2.24. The number of rotatable bonds is 2. The summed E-state index contributed by atoms with van der Waals surface area (Å²) in [6.45, 7) is 5.08. The van der Waals surface area contributed by atoms with Crippen LogP contribution in [-0.4, -0.2) is 38.6 Å². The van der Waals surface area contributed by atoms with E-state index in [1.54, 1.807) is 20.8 Å². The van der Waals surface area contributed by atoms with Crippen molar-refractivity contribution in [2.75, 3.05) is 0 Å². The molecule has 0 aromatic carbocycles. The maximum absolute atomic E-state index is 12.1. The van der Waals surface area contributed by atoms with Crippen molar-refractivity contribution in [2.24, 2.45) is 0 Å². The first-order valence-electron chi connectivity index (χ1n) is 6.16. The van der Waals surface area contributed by atoms with Gasteiger partial charge in [-0.2, -0.15) is 0 Å². The van der Waals surface area contributed by atoms with Crippen LogP contribution in [0.5, 0.6) is 0 Å². The largest absolute Gasteiger partial charge is 0.478 e. The van der Waals surface area contributed by atoms with E-state index in [2.05, 4.69) is 4.98 Å². The number of aromatic nitrogens is 2. The minimum absolute atomic E-state index is 0.0752. The molecule has 0 saturated heterocycles. The van der Waals surface area contributed by atoms with Crippen molar-refractivity contribution in [1.82, 2.24) is 9.55 Å². The van der Waals surface area contributed by atoms with E-state index in [1.165, 1.54) is 12.3 Å². The minimum atomic E-state index is -1.25. The molecule has 1 N–H and O–H groups in total. The predicted molar refractivity (Wildman–Crippen MR) is 73.7 cm³/mol. The van der Waals surface area contributed by atoms with Crippen LogP contribution in [0.3, 0.4) is 0 Å². The molecule has 0 aliphatic carbocycles. The molecule has 2 aromatic heterocycles. The van der Waals surface area contributed by atoms with Crippen molar-refractivity contribution >= 4 is 29.4 Å². The first kappa shape index (κ1) is 14.7. The number of hydrogen-bond acceptors (Lipinski definition) is 5. The fraction of sp³-hybridized carbons (Fsp3) is 0.286. The van der Waals surface area contributed by atoms with Crippen molar-refractivity contribution in [3.8, 4) is 0 Å². The van der Waals surface area contributed by atoms with Crippen molar-refractivity contribution in [2.45, 2.75) is 26.4 Å². The van der Waals surface area contributed by atoms with Gasteiger partial charge in [0.15, 0.2) is 11.9 Å². The van der Waals surface area contributed by atoms with E-state index in [0.717, 1.165) is 10.8 Å². The monoisotopic (exact) mass is 290 g/mol. The average molecular weight is 290 g/mol. The maximum atomic E-state index is 12.1. The quantitative estimate of drug-likeness (QED) is 0.852. The zero-order valence-electron chi connectivity index (χ0n) is 11.8. The zero-order valence-corrected chi connectivity index (χ0v) is 11.8. The van der Waals surface area contributed by atoms with Crippen LogP contribution in [0.4, 0.5) is 4.79 Å². The molecule has 110 valence electrons. The van der Waals surface area contributed by atoms with Crippen molar-refractivity contribution < 1.29 is 24.2 Å². The number of aldehydes is 1. The van der Waals surface area contributed by atoms with E-state index >= 15 is 0 Å². The van der Waals surface area contributed by atoms with Crippen LogP contribution in [0.25, 0.3) is 11.0 Å². The van der Waals surface area contributed by atoms with Gasteiger partial charge in [-0.1, -0.05) is 0 Å². The smallest absolute Gasteiger partial charge is 0.420 e. The molecule has 0 saturated carbocycles. The zero-order chi connectivity index (χ0) is 15.8. The van der Waals surface area contributed by atoms with Gasteiger partial charge in [0.2, 0.25) is 0 Å². The van der Waals surface area contributed by atoms with Crippen LogP contribution in [0.15, 0.2) is 18.5 Å². The topological polar surface area (TPSA) is 98.5 Å². The van der Waals surface area contributed by atoms with Gasteiger partial charge < -0.3 is 9.84 Å². The summed E-state index contributed by atoms with van der Waals surface area (Å²) in [6, 6.07) is 1.39. The fourth-order valence-corrected chi connectivity index (χ4v) is 1.89. The number of fused-ring (bicyclic) bond motifs is 1. The summed E-state index contributed by atoms with van der Waals surface area (Å²) in [4.78, 5) is 38.5. The Labute approximate surface area is 120 Å². The molecule has 0 atom stereocenters. The van der Waals surface area contributed by atoms with Crippen molar-refractivity contribution in [1.29, 1.82) is 0 Å². The second-order valence-electron chi connectivity index (χ2n) is 5.41. The number of carbonyl (C=O) groups is 3. The third-order valence-corrected chi connectivity index (χ3v) is 2.67. The third kappa shape index (κ3) is 2.76. The second kappa shape index (κ2) is 5.01. The van der Waals surface area contributed by atoms with Crippen molar-refractivity contribution in [3.63, 3.8) is 0 Å². The molecule has 2 heterocycles. The van der Waals surface area contributed by atoms with Crippen LogP contribution < -0.4 is 0 Å². The molecule has 0 aliphatic rings. The van der Waals surface area contributed by atoms with Gasteiger partial charge in [0.25, 0.3) is 0 Å². The Balaban J connectivity index is 2.69. The van der Waals surface area contributed by atoms with Gasteiger partial charge in [-0.05, 0) is 26.8 Å². The summed E-state index contributed by atoms with van der Waals surface area (Å²) in [7, 11) is 0. The van der Waals surface area contributed by atoms with Gasteiger partial charge in [0, 0.05) is 23.3 Å². The lowest BCUT2D eigenvalue weighted by Gasteiger charge is -2.19. The molecule has 0 aliphatic heterocycles.